The number of fused-ring (bicyclic) bond motifs is 4. The van der Waals surface area contributed by atoms with Crippen LogP contribution in [-0.4, -0.2) is 165 Å². The number of nitrogens with one attached hydrogen (secondary N) is 5. The standard InChI is InChI=1S/C61H72N10O11S/c1-8-9-21-52(72)65-45(31-37-16-11-10-12-17-37)54(73)66-46-35-81-60(80)49-20-15-30-71(49)56(75)36(2)63-55(74)47(69(7)58(77)48-19-14-29-70(48)57(46)76)18-13-28-62-61(83)64-38-22-25-41(44(32-38)59(78)79)53-42-26-23-39(67(3)4)33-50(42)82-51-34-40(68(5)6)24-27-43(51)53/h9-12,16-17,21-27,32-34,36,45-49H,8,13-15,18-20,28-31,35H2,1-7H3,(H5,62,63,65,66,72,73,74,78,79,83)/b21-9+/t36-,45-,46-,47-,48-,49-/m0/s1. The van der Waals surface area contributed by atoms with Crippen molar-refractivity contribution in [3.8, 4) is 22.5 Å². The van der Waals surface area contributed by atoms with Gasteiger partial charge in [0.25, 0.3) is 0 Å². The minimum atomic E-state index is -1.51. The summed E-state index contributed by atoms with van der Waals surface area (Å²) in [6.45, 7) is 3.21. The molecule has 6 atom stereocenters. The summed E-state index contributed by atoms with van der Waals surface area (Å²) in [7, 11) is 9.14. The molecule has 4 aliphatic heterocycles. The van der Waals surface area contributed by atoms with Gasteiger partial charge in [-0.3, -0.25) is 28.8 Å². The van der Waals surface area contributed by atoms with E-state index in [9.17, 15) is 43.5 Å². The first-order valence-electron chi connectivity index (χ1n) is 28.0. The maximum absolute atomic E-state index is 14.8. The molecule has 0 aromatic heterocycles. The second-order valence-electron chi connectivity index (χ2n) is 21.5. The number of ether oxygens (including phenoxy) is 1. The van der Waals surface area contributed by atoms with Crippen LogP contribution in [-0.2, 0) is 44.7 Å². The molecule has 83 heavy (non-hydrogen) atoms. The van der Waals surface area contributed by atoms with E-state index in [1.807, 2.05) is 87.1 Å². The summed E-state index contributed by atoms with van der Waals surface area (Å²) < 4.78 is 14.1. The highest BCUT2D eigenvalue weighted by atomic mass is 32.1. The van der Waals surface area contributed by atoms with Crippen molar-refractivity contribution in [3.05, 3.63) is 114 Å². The first kappa shape index (κ1) is 60.4. The van der Waals surface area contributed by atoms with Gasteiger partial charge in [0, 0.05) is 92.8 Å². The predicted molar refractivity (Wildman–Crippen MR) is 316 cm³/mol. The van der Waals surface area contributed by atoms with Gasteiger partial charge in [0.1, 0.15) is 68.3 Å². The highest BCUT2D eigenvalue weighted by molar-refractivity contribution is 7.80. The van der Waals surface area contributed by atoms with Crippen molar-refractivity contribution < 1.29 is 52.6 Å². The molecule has 438 valence electrons. The Bertz CT molecular complexity index is 3380. The fraction of sp³-hybridized carbons (Fsp3) is 0.410. The normalized spacial score (nSPS) is 20.2. The number of aromatic carboxylic acids is 1. The van der Waals surface area contributed by atoms with E-state index in [0.717, 1.165) is 16.6 Å². The number of rotatable bonds is 15. The van der Waals surface area contributed by atoms with Crippen molar-refractivity contribution in [2.45, 2.75) is 101 Å². The summed E-state index contributed by atoms with van der Waals surface area (Å²) in [5, 5.41) is 29.1. The Morgan fingerprint density at radius 1 is 0.892 bits per heavy atom. The van der Waals surface area contributed by atoms with E-state index < -0.39 is 90.2 Å². The number of allylic oxidation sites excluding steroid dienone is 1. The van der Waals surface area contributed by atoms with E-state index in [1.54, 1.807) is 42.5 Å². The van der Waals surface area contributed by atoms with Crippen LogP contribution in [0.1, 0.15) is 74.7 Å². The molecule has 5 aliphatic rings. The Hall–Kier alpha value is -8.66. The number of hydrogen-bond donors (Lipinski definition) is 5. The number of benzene rings is 4. The molecule has 3 saturated heterocycles. The molecule has 0 radical (unpaired) electrons. The number of carboxylic acids is 1. The molecule has 3 fully saturated rings. The maximum Gasteiger partial charge on any atom is 0.328 e. The highest BCUT2D eigenvalue weighted by Gasteiger charge is 2.44. The smallest absolute Gasteiger partial charge is 0.328 e. The van der Waals surface area contributed by atoms with Gasteiger partial charge < -0.3 is 65.2 Å². The molecular weight excluding hydrogens is 1080 g/mol. The summed E-state index contributed by atoms with van der Waals surface area (Å²) in [6.07, 6.45) is 5.24. The SMILES string of the molecule is CC/C=C/C(=O)N[C@@H](Cc1ccccc1)C(=O)N[C@H]1COC(=O)[C@@H]2CCCN2C(=O)[C@H](C)NC(=O)[C@H](CCCNC(=S)Nc2ccc(-c3c4ccc(=[N+](C)C)cc-4oc4cc(N(C)C)ccc34)c(C(=O)[O-])c2)N(C)C(=O)[C@@H]2CCCN2C1=O. The van der Waals surface area contributed by atoms with Crippen molar-refractivity contribution >= 4 is 87.1 Å². The van der Waals surface area contributed by atoms with Crippen LogP contribution in [0.3, 0.4) is 0 Å². The Labute approximate surface area is 487 Å². The molecule has 3 aromatic rings. The number of hydrogen-bond acceptors (Lipinski definition) is 13. The zero-order valence-corrected chi connectivity index (χ0v) is 48.6. The predicted octanol–water partition coefficient (Wildman–Crippen LogP) is 2.78. The number of likely N-dealkylation sites (N-methyl/N-ethyl adjacent to an activating group) is 1. The number of carbonyl (C=O) groups is 8. The van der Waals surface area contributed by atoms with Gasteiger partial charge in [-0.25, -0.2) is 9.37 Å². The van der Waals surface area contributed by atoms with Crippen molar-refractivity contribution in [2.24, 2.45) is 0 Å². The van der Waals surface area contributed by atoms with E-state index >= 15 is 0 Å². The average molecular weight is 1150 g/mol. The second-order valence-corrected chi connectivity index (χ2v) is 21.9. The van der Waals surface area contributed by atoms with Crippen LogP contribution in [0.2, 0.25) is 0 Å². The van der Waals surface area contributed by atoms with E-state index in [4.69, 9.17) is 21.4 Å². The van der Waals surface area contributed by atoms with Crippen molar-refractivity contribution in [1.82, 2.24) is 40.5 Å². The third-order valence-electron chi connectivity index (χ3n) is 15.3. The fourth-order valence-corrected chi connectivity index (χ4v) is 11.1. The zero-order valence-electron chi connectivity index (χ0n) is 47.8. The van der Waals surface area contributed by atoms with Gasteiger partial charge in [-0.1, -0.05) is 49.4 Å². The molecule has 0 saturated carbocycles. The number of carboxylic acid groups (broad SMARTS) is 1. The molecule has 5 N–H and O–H groups in total. The first-order valence-corrected chi connectivity index (χ1v) is 28.4. The lowest BCUT2D eigenvalue weighted by Crippen LogP contribution is -2.60. The van der Waals surface area contributed by atoms with Crippen LogP contribution in [0.4, 0.5) is 11.4 Å². The van der Waals surface area contributed by atoms with Crippen molar-refractivity contribution in [2.75, 3.05) is 71.7 Å². The number of nitrogens with zero attached hydrogens (tertiary/aromatic N) is 5. The van der Waals surface area contributed by atoms with Crippen molar-refractivity contribution in [1.29, 1.82) is 0 Å². The first-order chi connectivity index (χ1) is 39.7. The Morgan fingerprint density at radius 2 is 1.60 bits per heavy atom. The van der Waals surface area contributed by atoms with Gasteiger partial charge in [0.05, 0.1) is 12.0 Å². The van der Waals surface area contributed by atoms with Gasteiger partial charge >= 0.3 is 5.97 Å². The van der Waals surface area contributed by atoms with E-state index in [-0.39, 0.29) is 62.4 Å². The number of thiocarbonyl (C=S) groups is 1. The summed E-state index contributed by atoms with van der Waals surface area (Å²) >= 11 is 5.68. The van der Waals surface area contributed by atoms with Gasteiger partial charge in [0.15, 0.2) is 5.11 Å². The largest absolute Gasteiger partial charge is 0.545 e. The minimum Gasteiger partial charge on any atom is -0.545 e. The zero-order chi connectivity index (χ0) is 59.6. The van der Waals surface area contributed by atoms with E-state index in [0.29, 0.717) is 58.4 Å². The second kappa shape index (κ2) is 26.9. The summed E-state index contributed by atoms with van der Waals surface area (Å²) in [5.74, 6) is -5.40. The molecule has 0 spiro atoms. The molecule has 21 nitrogen and oxygen atoms in total. The molecule has 3 aromatic carbocycles. The van der Waals surface area contributed by atoms with Gasteiger partial charge in [-0.05, 0) is 112 Å². The lowest BCUT2D eigenvalue weighted by atomic mass is 9.90. The monoisotopic (exact) mass is 1150 g/mol. The summed E-state index contributed by atoms with van der Waals surface area (Å²) in [6, 6.07) is 18.3. The quantitative estimate of drug-likeness (QED) is 0.0252. The van der Waals surface area contributed by atoms with Crippen LogP contribution in [0.5, 0.6) is 0 Å². The van der Waals surface area contributed by atoms with Crippen LogP contribution in [0.25, 0.3) is 33.4 Å². The van der Waals surface area contributed by atoms with Crippen molar-refractivity contribution in [3.63, 3.8) is 0 Å². The maximum atomic E-state index is 14.8. The Balaban J connectivity index is 1.00. The fourth-order valence-electron chi connectivity index (χ4n) is 10.9. The minimum absolute atomic E-state index is 0.0610. The third kappa shape index (κ3) is 14.2. The van der Waals surface area contributed by atoms with E-state index in [1.165, 1.54) is 40.8 Å². The Morgan fingerprint density at radius 3 is 2.30 bits per heavy atom. The molecule has 8 rings (SSSR count). The number of esters is 1. The number of cyclic esters (lactones) is 1. The highest BCUT2D eigenvalue weighted by Crippen LogP contribution is 2.42. The summed E-state index contributed by atoms with van der Waals surface area (Å²) in [4.78, 5) is 118. The number of amides is 6. The molecule has 4 heterocycles. The average Bonchev–Trinajstić information content (AvgIpc) is 4.40. The van der Waals surface area contributed by atoms with E-state index in [2.05, 4.69) is 26.6 Å². The lowest BCUT2D eigenvalue weighted by molar-refractivity contribution is -0.255. The summed E-state index contributed by atoms with van der Waals surface area (Å²) in [5.41, 5.74) is 4.19. The van der Waals surface area contributed by atoms with Gasteiger partial charge in [-0.2, -0.15) is 0 Å². The Kier molecular flexibility index (Phi) is 19.6. The molecule has 0 unspecified atom stereocenters. The molecule has 6 amide bonds. The molecule has 0 bridgehead atoms. The lowest BCUT2D eigenvalue weighted by Gasteiger charge is -2.35. The molecular formula is C61H72N10O11S. The van der Waals surface area contributed by atoms with Crippen LogP contribution in [0, 0.1) is 0 Å². The van der Waals surface area contributed by atoms with Gasteiger partial charge in [-0.15, -0.1) is 0 Å². The van der Waals surface area contributed by atoms with Crippen LogP contribution < -0.4 is 46.5 Å². The topological polar surface area (TPSA) is 258 Å². The van der Waals surface area contributed by atoms with Gasteiger partial charge in [0.2, 0.25) is 40.8 Å². The third-order valence-corrected chi connectivity index (χ3v) is 15.6. The number of carbonyl (C=O) groups excluding carboxylic acids is 8. The van der Waals surface area contributed by atoms with Crippen LogP contribution in [0.15, 0.2) is 101 Å². The number of anilines is 2. The molecule has 22 heteroatoms. The molecule has 1 aliphatic carbocycles. The van der Waals surface area contributed by atoms with Crippen LogP contribution >= 0.6 is 12.2 Å².